The van der Waals surface area contributed by atoms with Gasteiger partial charge in [0.05, 0.1) is 0 Å². The van der Waals surface area contributed by atoms with Gasteiger partial charge in [-0.1, -0.05) is 0 Å². The first kappa shape index (κ1) is 7.72. The van der Waals surface area contributed by atoms with Gasteiger partial charge in [-0.2, -0.15) is 11.3 Å². The van der Waals surface area contributed by atoms with Crippen LogP contribution in [-0.4, -0.2) is 13.6 Å². The van der Waals surface area contributed by atoms with Crippen LogP contribution < -0.4 is 11.1 Å². The van der Waals surface area contributed by atoms with Gasteiger partial charge in [0.15, 0.2) is 0 Å². The van der Waals surface area contributed by atoms with Crippen molar-refractivity contribution in [2.24, 2.45) is 5.73 Å². The van der Waals surface area contributed by atoms with Crippen molar-refractivity contribution in [1.82, 2.24) is 5.32 Å². The lowest BCUT2D eigenvalue weighted by Crippen LogP contribution is -2.24. The van der Waals surface area contributed by atoms with E-state index in [1.165, 1.54) is 5.56 Å². The molecule has 1 rings (SSSR count). The molecule has 3 heteroatoms. The summed E-state index contributed by atoms with van der Waals surface area (Å²) in [6, 6.07) is 2.42. The Balaban J connectivity index is 2.64. The maximum atomic E-state index is 5.52. The molecule has 0 aromatic carbocycles. The highest BCUT2D eigenvalue weighted by molar-refractivity contribution is 7.07. The van der Waals surface area contributed by atoms with Crippen LogP contribution in [0.5, 0.6) is 0 Å². The van der Waals surface area contributed by atoms with Crippen molar-refractivity contribution in [3.05, 3.63) is 22.4 Å². The first-order chi connectivity index (χ1) is 4.88. The van der Waals surface area contributed by atoms with Crippen molar-refractivity contribution in [1.29, 1.82) is 0 Å². The molecule has 1 aromatic rings. The van der Waals surface area contributed by atoms with Crippen LogP contribution in [0, 0.1) is 0 Å². The Morgan fingerprint density at radius 2 is 2.60 bits per heavy atom. The van der Waals surface area contributed by atoms with Gasteiger partial charge in [0.2, 0.25) is 0 Å². The molecule has 1 heterocycles. The minimum absolute atomic E-state index is 0.325. The smallest absolute Gasteiger partial charge is 0.0450 e. The maximum absolute atomic E-state index is 5.52. The summed E-state index contributed by atoms with van der Waals surface area (Å²) in [6.45, 7) is 0.660. The first-order valence-corrected chi connectivity index (χ1v) is 4.22. The minimum Gasteiger partial charge on any atom is -0.329 e. The SMILES string of the molecule is CNC(CN)c1ccsc1. The van der Waals surface area contributed by atoms with Crippen LogP contribution in [0.2, 0.25) is 0 Å². The molecule has 0 bridgehead atoms. The Bertz CT molecular complexity index is 168. The number of hydrogen-bond acceptors (Lipinski definition) is 3. The minimum atomic E-state index is 0.325. The van der Waals surface area contributed by atoms with E-state index in [0.29, 0.717) is 12.6 Å². The van der Waals surface area contributed by atoms with Gasteiger partial charge in [-0.15, -0.1) is 0 Å². The van der Waals surface area contributed by atoms with E-state index in [1.807, 2.05) is 7.05 Å². The molecule has 0 spiro atoms. The van der Waals surface area contributed by atoms with Gasteiger partial charge in [-0.25, -0.2) is 0 Å². The summed E-state index contributed by atoms with van der Waals surface area (Å²) in [4.78, 5) is 0. The molecule has 2 nitrogen and oxygen atoms in total. The van der Waals surface area contributed by atoms with Crippen molar-refractivity contribution in [2.45, 2.75) is 6.04 Å². The number of thiophene rings is 1. The van der Waals surface area contributed by atoms with Gasteiger partial charge >= 0.3 is 0 Å². The average Bonchev–Trinajstić information content (AvgIpc) is 2.43. The fourth-order valence-corrected chi connectivity index (χ4v) is 1.61. The van der Waals surface area contributed by atoms with Crippen molar-refractivity contribution in [3.8, 4) is 0 Å². The number of nitrogens with one attached hydrogen (secondary N) is 1. The molecule has 0 radical (unpaired) electrons. The molecule has 1 unspecified atom stereocenters. The molecule has 0 aliphatic rings. The van der Waals surface area contributed by atoms with E-state index in [4.69, 9.17) is 5.73 Å². The summed E-state index contributed by atoms with van der Waals surface area (Å²) in [6.07, 6.45) is 0. The molecule has 1 atom stereocenters. The number of likely N-dealkylation sites (N-methyl/N-ethyl adjacent to an activating group) is 1. The summed E-state index contributed by atoms with van der Waals surface area (Å²) >= 11 is 1.70. The Hall–Kier alpha value is -0.380. The van der Waals surface area contributed by atoms with Crippen LogP contribution in [0.4, 0.5) is 0 Å². The Labute approximate surface area is 65.1 Å². The molecule has 0 aliphatic carbocycles. The third-order valence-electron chi connectivity index (χ3n) is 1.53. The molecule has 56 valence electrons. The predicted molar refractivity (Wildman–Crippen MR) is 45.2 cm³/mol. The highest BCUT2D eigenvalue weighted by Crippen LogP contribution is 2.13. The number of hydrogen-bond donors (Lipinski definition) is 2. The van der Waals surface area contributed by atoms with E-state index >= 15 is 0 Å². The zero-order chi connectivity index (χ0) is 7.40. The van der Waals surface area contributed by atoms with Crippen LogP contribution in [0.1, 0.15) is 11.6 Å². The lowest BCUT2D eigenvalue weighted by molar-refractivity contribution is 0.607. The molecule has 0 saturated heterocycles. The molecular formula is C7H12N2S. The molecule has 1 aromatic heterocycles. The molecule has 0 aliphatic heterocycles. The van der Waals surface area contributed by atoms with Crippen LogP contribution >= 0.6 is 11.3 Å². The van der Waals surface area contributed by atoms with Gasteiger partial charge in [-0.05, 0) is 29.4 Å². The van der Waals surface area contributed by atoms with E-state index in [2.05, 4.69) is 22.1 Å². The van der Waals surface area contributed by atoms with E-state index in [0.717, 1.165) is 0 Å². The van der Waals surface area contributed by atoms with Gasteiger partial charge in [0, 0.05) is 12.6 Å². The normalized spacial score (nSPS) is 13.4. The number of rotatable bonds is 3. The maximum Gasteiger partial charge on any atom is 0.0450 e. The van der Waals surface area contributed by atoms with Gasteiger partial charge in [-0.3, -0.25) is 0 Å². The second kappa shape index (κ2) is 3.71. The van der Waals surface area contributed by atoms with Crippen LogP contribution in [0.3, 0.4) is 0 Å². The second-order valence-electron chi connectivity index (χ2n) is 2.13. The zero-order valence-corrected chi connectivity index (χ0v) is 6.82. The molecular weight excluding hydrogens is 144 g/mol. The lowest BCUT2D eigenvalue weighted by atomic mass is 10.1. The highest BCUT2D eigenvalue weighted by Gasteiger charge is 2.04. The van der Waals surface area contributed by atoms with Gasteiger partial charge < -0.3 is 11.1 Å². The quantitative estimate of drug-likeness (QED) is 0.684. The third kappa shape index (κ3) is 1.56. The van der Waals surface area contributed by atoms with Gasteiger partial charge in [0.25, 0.3) is 0 Å². The van der Waals surface area contributed by atoms with Crippen LogP contribution in [0.25, 0.3) is 0 Å². The van der Waals surface area contributed by atoms with E-state index in [-0.39, 0.29) is 0 Å². The van der Waals surface area contributed by atoms with Crippen LogP contribution in [-0.2, 0) is 0 Å². The average molecular weight is 156 g/mol. The third-order valence-corrected chi connectivity index (χ3v) is 2.23. The predicted octanol–water partition coefficient (Wildman–Crippen LogP) is 0.967. The first-order valence-electron chi connectivity index (χ1n) is 3.28. The molecule has 0 saturated carbocycles. The molecule has 0 amide bonds. The molecule has 10 heavy (non-hydrogen) atoms. The van der Waals surface area contributed by atoms with Crippen molar-refractivity contribution in [2.75, 3.05) is 13.6 Å². The van der Waals surface area contributed by atoms with Gasteiger partial charge in [0.1, 0.15) is 0 Å². The highest BCUT2D eigenvalue weighted by atomic mass is 32.1. The Morgan fingerprint density at radius 1 is 1.80 bits per heavy atom. The standard InChI is InChI=1S/C7H12N2S/c1-9-7(4-8)6-2-3-10-5-6/h2-3,5,7,9H,4,8H2,1H3. The fourth-order valence-electron chi connectivity index (χ4n) is 0.894. The van der Waals surface area contributed by atoms with Crippen LogP contribution in [0.15, 0.2) is 16.8 Å². The fraction of sp³-hybridized carbons (Fsp3) is 0.429. The van der Waals surface area contributed by atoms with Crippen molar-refractivity contribution >= 4 is 11.3 Å². The monoisotopic (exact) mass is 156 g/mol. The summed E-state index contributed by atoms with van der Waals surface area (Å²) in [5, 5.41) is 7.32. The number of nitrogens with two attached hydrogens (primary N) is 1. The lowest BCUT2D eigenvalue weighted by Gasteiger charge is -2.10. The van der Waals surface area contributed by atoms with E-state index < -0.39 is 0 Å². The topological polar surface area (TPSA) is 38.0 Å². The zero-order valence-electron chi connectivity index (χ0n) is 6.00. The summed E-state index contributed by atoms with van der Waals surface area (Å²) < 4.78 is 0. The van der Waals surface area contributed by atoms with Crippen molar-refractivity contribution < 1.29 is 0 Å². The Morgan fingerprint density at radius 3 is 3.00 bits per heavy atom. The summed E-state index contributed by atoms with van der Waals surface area (Å²) in [5.41, 5.74) is 6.80. The molecule has 3 N–H and O–H groups in total. The molecule has 0 fully saturated rings. The van der Waals surface area contributed by atoms with E-state index in [1.54, 1.807) is 11.3 Å². The Kier molecular flexibility index (Phi) is 2.86. The largest absolute Gasteiger partial charge is 0.329 e. The second-order valence-corrected chi connectivity index (χ2v) is 2.91. The summed E-state index contributed by atoms with van der Waals surface area (Å²) in [5.74, 6) is 0. The van der Waals surface area contributed by atoms with E-state index in [9.17, 15) is 0 Å². The van der Waals surface area contributed by atoms with Crippen molar-refractivity contribution in [3.63, 3.8) is 0 Å². The summed E-state index contributed by atoms with van der Waals surface area (Å²) in [7, 11) is 1.93.